The van der Waals surface area contributed by atoms with Gasteiger partial charge in [0.25, 0.3) is 0 Å². The van der Waals surface area contributed by atoms with Gasteiger partial charge in [-0.25, -0.2) is 4.39 Å². The second-order valence-electron chi connectivity index (χ2n) is 5.66. The van der Waals surface area contributed by atoms with E-state index in [1.54, 1.807) is 12.1 Å². The van der Waals surface area contributed by atoms with E-state index in [9.17, 15) is 4.39 Å². The fourth-order valence-electron chi connectivity index (χ4n) is 2.42. The zero-order valence-corrected chi connectivity index (χ0v) is 12.8. The van der Waals surface area contributed by atoms with E-state index < -0.39 is 0 Å². The number of rotatable bonds is 7. The summed E-state index contributed by atoms with van der Waals surface area (Å²) in [5.41, 5.74) is 1.00. The molecule has 108 valence electrons. The number of nitrogens with one attached hydrogen (secondary N) is 1. The van der Waals surface area contributed by atoms with Crippen LogP contribution in [0.1, 0.15) is 46.2 Å². The summed E-state index contributed by atoms with van der Waals surface area (Å²) in [5, 5.41) is 3.46. The predicted molar refractivity (Wildman–Crippen MR) is 79.8 cm³/mol. The molecule has 0 spiro atoms. The highest BCUT2D eigenvalue weighted by molar-refractivity contribution is 5.19. The highest BCUT2D eigenvalue weighted by atomic mass is 19.1. The van der Waals surface area contributed by atoms with Crippen LogP contribution in [0.25, 0.3) is 0 Å². The molecule has 2 nitrogen and oxygen atoms in total. The molecule has 1 N–H and O–H groups in total. The van der Waals surface area contributed by atoms with Crippen LogP contribution in [0.2, 0.25) is 0 Å². The van der Waals surface area contributed by atoms with Gasteiger partial charge >= 0.3 is 0 Å². The van der Waals surface area contributed by atoms with Gasteiger partial charge in [0.05, 0.1) is 0 Å². The van der Waals surface area contributed by atoms with E-state index in [4.69, 9.17) is 0 Å². The van der Waals surface area contributed by atoms with Crippen LogP contribution in [0.5, 0.6) is 0 Å². The summed E-state index contributed by atoms with van der Waals surface area (Å²) in [4.78, 5) is 2.45. The molecule has 1 aromatic carbocycles. The standard InChI is InChI=1S/C16H27FN2/c1-12(2)19(13(3)4)10-9-18-14(5)15-7-6-8-16(17)11-15/h6-8,11-14,18H,9-10H2,1-5H3. The van der Waals surface area contributed by atoms with Crippen LogP contribution in [-0.4, -0.2) is 30.1 Å². The minimum atomic E-state index is -0.169. The minimum Gasteiger partial charge on any atom is -0.309 e. The molecule has 0 aliphatic heterocycles. The number of nitrogens with zero attached hydrogens (tertiary/aromatic N) is 1. The van der Waals surface area contributed by atoms with Crippen molar-refractivity contribution in [2.24, 2.45) is 0 Å². The molecule has 1 rings (SSSR count). The van der Waals surface area contributed by atoms with Gasteiger partial charge < -0.3 is 5.32 Å². The monoisotopic (exact) mass is 266 g/mol. The number of halogens is 1. The van der Waals surface area contributed by atoms with Crippen molar-refractivity contribution in [3.8, 4) is 0 Å². The molecule has 0 aliphatic carbocycles. The van der Waals surface area contributed by atoms with Gasteiger partial charge in [0.15, 0.2) is 0 Å². The largest absolute Gasteiger partial charge is 0.309 e. The van der Waals surface area contributed by atoms with E-state index in [-0.39, 0.29) is 11.9 Å². The summed E-state index contributed by atoms with van der Waals surface area (Å²) in [5.74, 6) is -0.169. The van der Waals surface area contributed by atoms with Crippen molar-refractivity contribution in [3.05, 3.63) is 35.6 Å². The van der Waals surface area contributed by atoms with Crippen LogP contribution in [-0.2, 0) is 0 Å². The zero-order chi connectivity index (χ0) is 14.4. The number of hydrogen-bond donors (Lipinski definition) is 1. The molecule has 19 heavy (non-hydrogen) atoms. The normalized spacial score (nSPS) is 13.5. The van der Waals surface area contributed by atoms with E-state index in [1.165, 1.54) is 6.07 Å². The van der Waals surface area contributed by atoms with Crippen molar-refractivity contribution in [1.82, 2.24) is 10.2 Å². The highest BCUT2D eigenvalue weighted by Crippen LogP contribution is 2.13. The van der Waals surface area contributed by atoms with E-state index in [1.807, 2.05) is 6.07 Å². The van der Waals surface area contributed by atoms with Crippen LogP contribution >= 0.6 is 0 Å². The number of benzene rings is 1. The van der Waals surface area contributed by atoms with Crippen LogP contribution in [0.3, 0.4) is 0 Å². The van der Waals surface area contributed by atoms with Crippen molar-refractivity contribution >= 4 is 0 Å². The molecule has 1 aromatic rings. The Kier molecular flexibility index (Phi) is 6.46. The lowest BCUT2D eigenvalue weighted by Crippen LogP contribution is -2.41. The predicted octanol–water partition coefficient (Wildman–Crippen LogP) is 3.60. The third-order valence-corrected chi connectivity index (χ3v) is 3.50. The van der Waals surface area contributed by atoms with Crippen molar-refractivity contribution in [2.75, 3.05) is 13.1 Å². The molecule has 0 bridgehead atoms. The molecule has 0 radical (unpaired) electrons. The fraction of sp³-hybridized carbons (Fsp3) is 0.625. The molecule has 0 fully saturated rings. The van der Waals surface area contributed by atoms with Gasteiger partial charge in [-0.2, -0.15) is 0 Å². The minimum absolute atomic E-state index is 0.169. The molecule has 1 atom stereocenters. The Morgan fingerprint density at radius 3 is 2.26 bits per heavy atom. The Bertz CT molecular complexity index is 369. The van der Waals surface area contributed by atoms with Gasteiger partial charge in [-0.15, -0.1) is 0 Å². The molecule has 0 aliphatic rings. The first-order valence-corrected chi connectivity index (χ1v) is 7.16. The molecular formula is C16H27FN2. The van der Waals surface area contributed by atoms with Gasteiger partial charge in [0.1, 0.15) is 5.82 Å². The molecule has 3 heteroatoms. The van der Waals surface area contributed by atoms with Crippen LogP contribution in [0.15, 0.2) is 24.3 Å². The third kappa shape index (κ3) is 5.29. The SMILES string of the molecule is CC(NCCN(C(C)C)C(C)C)c1cccc(F)c1. The average molecular weight is 266 g/mol. The van der Waals surface area contributed by atoms with Gasteiger partial charge in [0.2, 0.25) is 0 Å². The summed E-state index contributed by atoms with van der Waals surface area (Å²) in [6.45, 7) is 12.9. The van der Waals surface area contributed by atoms with E-state index in [0.717, 1.165) is 18.7 Å². The lowest BCUT2D eigenvalue weighted by Gasteiger charge is -2.31. The molecule has 0 saturated heterocycles. The maximum absolute atomic E-state index is 13.2. The topological polar surface area (TPSA) is 15.3 Å². The first-order valence-electron chi connectivity index (χ1n) is 7.16. The Balaban J connectivity index is 2.44. The summed E-state index contributed by atoms with van der Waals surface area (Å²) in [6.07, 6.45) is 0. The Morgan fingerprint density at radius 1 is 1.11 bits per heavy atom. The Labute approximate surface area is 117 Å². The van der Waals surface area contributed by atoms with Crippen molar-refractivity contribution in [3.63, 3.8) is 0 Å². The van der Waals surface area contributed by atoms with Gasteiger partial charge in [-0.3, -0.25) is 4.90 Å². The molecule has 0 saturated carbocycles. The van der Waals surface area contributed by atoms with E-state index in [2.05, 4.69) is 44.8 Å². The van der Waals surface area contributed by atoms with Crippen LogP contribution in [0, 0.1) is 5.82 Å². The van der Waals surface area contributed by atoms with Crippen molar-refractivity contribution < 1.29 is 4.39 Å². The summed E-state index contributed by atoms with van der Waals surface area (Å²) in [7, 11) is 0. The molecule has 1 unspecified atom stereocenters. The molecule has 0 heterocycles. The lowest BCUT2D eigenvalue weighted by molar-refractivity contribution is 0.174. The van der Waals surface area contributed by atoms with Gasteiger partial charge in [-0.05, 0) is 52.3 Å². The first-order chi connectivity index (χ1) is 8.91. The van der Waals surface area contributed by atoms with E-state index >= 15 is 0 Å². The third-order valence-electron chi connectivity index (χ3n) is 3.50. The summed E-state index contributed by atoms with van der Waals surface area (Å²) >= 11 is 0. The van der Waals surface area contributed by atoms with Crippen molar-refractivity contribution in [2.45, 2.75) is 52.7 Å². The lowest BCUT2D eigenvalue weighted by atomic mass is 10.1. The molecular weight excluding hydrogens is 239 g/mol. The smallest absolute Gasteiger partial charge is 0.123 e. The maximum atomic E-state index is 13.2. The second kappa shape index (κ2) is 7.61. The van der Waals surface area contributed by atoms with E-state index in [0.29, 0.717) is 12.1 Å². The van der Waals surface area contributed by atoms with Gasteiger partial charge in [-0.1, -0.05) is 12.1 Å². The maximum Gasteiger partial charge on any atom is 0.123 e. The Hall–Kier alpha value is -0.930. The second-order valence-corrected chi connectivity index (χ2v) is 5.66. The quantitative estimate of drug-likeness (QED) is 0.811. The molecule has 0 amide bonds. The Morgan fingerprint density at radius 2 is 1.74 bits per heavy atom. The molecule has 0 aromatic heterocycles. The van der Waals surface area contributed by atoms with Gasteiger partial charge in [0, 0.05) is 31.2 Å². The summed E-state index contributed by atoms with van der Waals surface area (Å²) in [6, 6.07) is 8.07. The summed E-state index contributed by atoms with van der Waals surface area (Å²) < 4.78 is 13.2. The van der Waals surface area contributed by atoms with Crippen LogP contribution in [0.4, 0.5) is 4.39 Å². The van der Waals surface area contributed by atoms with Crippen molar-refractivity contribution in [1.29, 1.82) is 0 Å². The van der Waals surface area contributed by atoms with Crippen LogP contribution < -0.4 is 5.32 Å². The fourth-order valence-corrected chi connectivity index (χ4v) is 2.42. The highest BCUT2D eigenvalue weighted by Gasteiger charge is 2.13. The zero-order valence-electron chi connectivity index (χ0n) is 12.8. The first kappa shape index (κ1) is 16.1. The average Bonchev–Trinajstić information content (AvgIpc) is 2.33. The number of hydrogen-bond acceptors (Lipinski definition) is 2.